The topological polar surface area (TPSA) is 68.0 Å². The van der Waals surface area contributed by atoms with Crippen molar-refractivity contribution < 1.29 is 9.32 Å². The Kier molecular flexibility index (Phi) is 6.09. The van der Waals surface area contributed by atoms with Crippen molar-refractivity contribution in [1.82, 2.24) is 10.1 Å². The summed E-state index contributed by atoms with van der Waals surface area (Å²) in [5.74, 6) is 0.928. The maximum Gasteiger partial charge on any atom is 0.227 e. The zero-order chi connectivity index (χ0) is 17.6. The Morgan fingerprint density at radius 1 is 1.20 bits per heavy atom. The summed E-state index contributed by atoms with van der Waals surface area (Å²) in [5, 5.41) is 6.91. The van der Waals surface area contributed by atoms with E-state index in [-0.39, 0.29) is 12.3 Å². The molecule has 0 saturated carbocycles. The summed E-state index contributed by atoms with van der Waals surface area (Å²) in [4.78, 5) is 17.6. The minimum Gasteiger partial charge on any atom is -0.339 e. The van der Waals surface area contributed by atoms with Crippen molar-refractivity contribution in [1.29, 1.82) is 0 Å². The third-order valence-corrected chi connectivity index (χ3v) is 5.03. The Labute approximate surface area is 163 Å². The third-order valence-electron chi connectivity index (χ3n) is 3.52. The number of anilines is 1. The van der Waals surface area contributed by atoms with Crippen LogP contribution in [0.15, 0.2) is 57.9 Å². The minimum absolute atomic E-state index is 0.0736. The van der Waals surface area contributed by atoms with Crippen LogP contribution in [0.4, 0.5) is 5.69 Å². The van der Waals surface area contributed by atoms with Crippen LogP contribution in [0.25, 0.3) is 11.4 Å². The van der Waals surface area contributed by atoms with Gasteiger partial charge in [-0.05, 0) is 53.1 Å². The van der Waals surface area contributed by atoms with Crippen LogP contribution in [0.1, 0.15) is 12.3 Å². The molecule has 1 aromatic heterocycles. The largest absolute Gasteiger partial charge is 0.339 e. The molecule has 1 amide bonds. The number of para-hydroxylation sites is 1. The van der Waals surface area contributed by atoms with Gasteiger partial charge >= 0.3 is 0 Å². The maximum absolute atomic E-state index is 12.2. The molecular formula is C18H16IN3O2S. The highest BCUT2D eigenvalue weighted by atomic mass is 127. The molecule has 3 aromatic rings. The van der Waals surface area contributed by atoms with E-state index in [1.165, 1.54) is 0 Å². The second-order valence-corrected chi connectivity index (χ2v) is 7.36. The molecule has 5 nitrogen and oxygen atoms in total. The van der Waals surface area contributed by atoms with E-state index in [1.54, 1.807) is 11.8 Å². The van der Waals surface area contributed by atoms with Crippen LogP contribution >= 0.6 is 34.4 Å². The number of halogens is 1. The van der Waals surface area contributed by atoms with Crippen molar-refractivity contribution in [2.75, 3.05) is 11.6 Å². The lowest BCUT2D eigenvalue weighted by atomic mass is 10.2. The van der Waals surface area contributed by atoms with E-state index in [9.17, 15) is 4.79 Å². The molecule has 0 unspecified atom stereocenters. The predicted octanol–water partition coefficient (Wildman–Crippen LogP) is 4.63. The molecular weight excluding hydrogens is 449 g/mol. The van der Waals surface area contributed by atoms with Crippen LogP contribution in [-0.2, 0) is 11.2 Å². The molecule has 0 aliphatic heterocycles. The summed E-state index contributed by atoms with van der Waals surface area (Å²) >= 11 is 3.84. The van der Waals surface area contributed by atoms with Crippen molar-refractivity contribution in [3.63, 3.8) is 0 Å². The second-order valence-electron chi connectivity index (χ2n) is 5.27. The maximum atomic E-state index is 12.2. The number of benzene rings is 2. The number of hydrogen-bond acceptors (Lipinski definition) is 5. The Morgan fingerprint density at radius 3 is 2.72 bits per heavy atom. The van der Waals surface area contributed by atoms with Crippen LogP contribution in [0.5, 0.6) is 0 Å². The summed E-state index contributed by atoms with van der Waals surface area (Å²) < 4.78 is 6.39. The van der Waals surface area contributed by atoms with E-state index in [4.69, 9.17) is 4.52 Å². The van der Waals surface area contributed by atoms with Crippen LogP contribution in [-0.4, -0.2) is 22.3 Å². The summed E-state index contributed by atoms with van der Waals surface area (Å²) in [7, 11) is 0. The first kappa shape index (κ1) is 17.9. The number of rotatable bonds is 6. The minimum atomic E-state index is -0.0736. The summed E-state index contributed by atoms with van der Waals surface area (Å²) in [6.45, 7) is 0. The molecule has 0 bridgehead atoms. The molecule has 3 rings (SSSR count). The smallest absolute Gasteiger partial charge is 0.227 e. The van der Waals surface area contributed by atoms with Crippen molar-refractivity contribution in [2.45, 2.75) is 17.7 Å². The van der Waals surface area contributed by atoms with Crippen molar-refractivity contribution in [3.05, 3.63) is 58.0 Å². The second kappa shape index (κ2) is 8.48. The standard InChI is InChI=1S/C18H16IN3O2S/c1-25-15-5-3-2-4-14(15)20-16(23)10-11-17-21-18(22-24-17)12-6-8-13(19)9-7-12/h2-9H,10-11H2,1H3,(H,20,23). The first-order valence-electron chi connectivity index (χ1n) is 7.67. The number of aryl methyl sites for hydroxylation is 1. The van der Waals surface area contributed by atoms with Gasteiger partial charge in [-0.25, -0.2) is 0 Å². The number of carbonyl (C=O) groups is 1. The highest BCUT2D eigenvalue weighted by Gasteiger charge is 2.11. The predicted molar refractivity (Wildman–Crippen MR) is 108 cm³/mol. The van der Waals surface area contributed by atoms with Gasteiger partial charge in [0.25, 0.3) is 0 Å². The van der Waals surface area contributed by atoms with Gasteiger partial charge in [-0.2, -0.15) is 4.98 Å². The van der Waals surface area contributed by atoms with E-state index >= 15 is 0 Å². The Balaban J connectivity index is 1.58. The van der Waals surface area contributed by atoms with Crippen LogP contribution < -0.4 is 5.32 Å². The number of nitrogens with one attached hydrogen (secondary N) is 1. The van der Waals surface area contributed by atoms with E-state index in [0.717, 1.165) is 19.7 Å². The van der Waals surface area contributed by atoms with Crippen LogP contribution in [0.2, 0.25) is 0 Å². The molecule has 7 heteroatoms. The fourth-order valence-electron chi connectivity index (χ4n) is 2.25. The molecule has 0 aliphatic carbocycles. The number of thioether (sulfide) groups is 1. The average Bonchev–Trinajstić information content (AvgIpc) is 3.10. The zero-order valence-electron chi connectivity index (χ0n) is 13.5. The Morgan fingerprint density at radius 2 is 1.96 bits per heavy atom. The van der Waals surface area contributed by atoms with Gasteiger partial charge in [-0.15, -0.1) is 11.8 Å². The molecule has 1 N–H and O–H groups in total. The lowest BCUT2D eigenvalue weighted by Gasteiger charge is -2.08. The SMILES string of the molecule is CSc1ccccc1NC(=O)CCc1nc(-c2ccc(I)cc2)no1. The highest BCUT2D eigenvalue weighted by molar-refractivity contribution is 14.1. The van der Waals surface area contributed by atoms with Crippen molar-refractivity contribution in [2.24, 2.45) is 0 Å². The highest BCUT2D eigenvalue weighted by Crippen LogP contribution is 2.24. The lowest BCUT2D eigenvalue weighted by Crippen LogP contribution is -2.13. The third kappa shape index (κ3) is 4.82. The summed E-state index contributed by atoms with van der Waals surface area (Å²) in [5.41, 5.74) is 1.72. The molecule has 0 radical (unpaired) electrons. The Bertz CT molecular complexity index is 865. The van der Waals surface area contributed by atoms with Gasteiger partial charge in [0.15, 0.2) is 0 Å². The van der Waals surface area contributed by atoms with Gasteiger partial charge < -0.3 is 9.84 Å². The van der Waals surface area contributed by atoms with Crippen LogP contribution in [0, 0.1) is 3.57 Å². The van der Waals surface area contributed by atoms with Gasteiger partial charge in [-0.1, -0.05) is 29.4 Å². The number of carbonyl (C=O) groups excluding carboxylic acids is 1. The van der Waals surface area contributed by atoms with E-state index in [0.29, 0.717) is 18.1 Å². The number of amides is 1. The fraction of sp³-hybridized carbons (Fsp3) is 0.167. The van der Waals surface area contributed by atoms with Gasteiger partial charge in [0.05, 0.1) is 5.69 Å². The molecule has 128 valence electrons. The van der Waals surface area contributed by atoms with Gasteiger partial charge in [0.2, 0.25) is 17.6 Å². The molecule has 0 aliphatic rings. The molecule has 0 fully saturated rings. The van der Waals surface area contributed by atoms with Gasteiger partial charge in [-0.3, -0.25) is 4.79 Å². The molecule has 2 aromatic carbocycles. The zero-order valence-corrected chi connectivity index (χ0v) is 16.5. The molecule has 0 saturated heterocycles. The summed E-state index contributed by atoms with van der Waals surface area (Å²) in [6.07, 6.45) is 2.68. The average molecular weight is 465 g/mol. The molecule has 25 heavy (non-hydrogen) atoms. The monoisotopic (exact) mass is 465 g/mol. The number of nitrogens with zero attached hydrogens (tertiary/aromatic N) is 2. The van der Waals surface area contributed by atoms with E-state index in [2.05, 4.69) is 38.0 Å². The van der Waals surface area contributed by atoms with Crippen LogP contribution in [0.3, 0.4) is 0 Å². The lowest BCUT2D eigenvalue weighted by molar-refractivity contribution is -0.116. The van der Waals surface area contributed by atoms with Gasteiger partial charge in [0.1, 0.15) is 0 Å². The first-order chi connectivity index (χ1) is 12.2. The fourth-order valence-corrected chi connectivity index (χ4v) is 3.17. The molecule has 1 heterocycles. The van der Waals surface area contributed by atoms with Gasteiger partial charge in [0, 0.05) is 26.9 Å². The van der Waals surface area contributed by atoms with E-state index < -0.39 is 0 Å². The number of hydrogen-bond donors (Lipinski definition) is 1. The normalized spacial score (nSPS) is 10.6. The van der Waals surface area contributed by atoms with E-state index in [1.807, 2.05) is 54.8 Å². The quantitative estimate of drug-likeness (QED) is 0.425. The molecule has 0 atom stereocenters. The Hall–Kier alpha value is -1.87. The first-order valence-corrected chi connectivity index (χ1v) is 9.97. The van der Waals surface area contributed by atoms with Crippen molar-refractivity contribution in [3.8, 4) is 11.4 Å². The number of aromatic nitrogens is 2. The summed E-state index contributed by atoms with van der Waals surface area (Å²) in [6, 6.07) is 15.6. The van der Waals surface area contributed by atoms with Crippen molar-refractivity contribution >= 4 is 45.9 Å². The molecule has 0 spiro atoms.